The summed E-state index contributed by atoms with van der Waals surface area (Å²) in [5.41, 5.74) is 6.35. The molecular weight excluding hydrogens is 783 g/mol. The monoisotopic (exact) mass is 842 g/mol. The molecule has 4 saturated heterocycles. The number of carbonyl (C=O) groups is 2. The molecule has 0 bridgehead atoms. The number of halogens is 2. The number of benzene rings is 3. The van der Waals surface area contributed by atoms with E-state index in [0.717, 1.165) is 74.2 Å². The zero-order valence-electron chi connectivity index (χ0n) is 36.2. The molecule has 4 aromatic rings. The first kappa shape index (κ1) is 40.3. The van der Waals surface area contributed by atoms with E-state index in [0.29, 0.717) is 23.6 Å². The van der Waals surface area contributed by atoms with Crippen molar-refractivity contribution in [1.82, 2.24) is 24.7 Å². The number of imide groups is 1. The highest BCUT2D eigenvalue weighted by atomic mass is 19.1. The highest BCUT2D eigenvalue weighted by Gasteiger charge is 2.48. The Morgan fingerprint density at radius 2 is 1.53 bits per heavy atom. The minimum Gasteiger partial charge on any atom is -0.370 e. The minimum atomic E-state index is -0.972. The lowest BCUT2D eigenvalue weighted by molar-refractivity contribution is -0.134. The fourth-order valence-electron chi connectivity index (χ4n) is 13.4. The van der Waals surface area contributed by atoms with Gasteiger partial charge in [-0.05, 0) is 157 Å². The highest BCUT2D eigenvalue weighted by Crippen LogP contribution is 2.53. The molecule has 326 valence electrons. The van der Waals surface area contributed by atoms with E-state index in [4.69, 9.17) is 4.98 Å². The molecule has 1 N–H and O–H groups in total. The van der Waals surface area contributed by atoms with Crippen molar-refractivity contribution in [3.8, 4) is 5.69 Å². The largest absolute Gasteiger partial charge is 0.370 e. The van der Waals surface area contributed by atoms with Gasteiger partial charge in [0.2, 0.25) is 11.8 Å². The van der Waals surface area contributed by atoms with Crippen molar-refractivity contribution in [2.45, 2.75) is 127 Å². The maximum absolute atomic E-state index is 15.2. The fourth-order valence-corrected chi connectivity index (χ4v) is 13.4. The standard InChI is InChI=1S/C51H60F2N6O3/c1-32-6-5-7-42-45(32)48(62)55-49-51(18-3-2-4-19-51)39-10-8-35(26-43(39)59(42)49)34-14-24-57(25-15-34)36-16-22-56(23-17-36)29-33-12-20-50(21-13-33)30-58(31-50)37-27-40(52)46(41(53)28-37)38-9-11-44(60)54-47(38)61/h5-8,10,26-28,33-34,36,38H,2-4,9,11-25,29-31H2,1H3,(H,54,60,61). The zero-order chi connectivity index (χ0) is 42.3. The molecule has 1 atom stereocenters. The molecule has 2 aliphatic carbocycles. The van der Waals surface area contributed by atoms with Crippen LogP contribution < -0.4 is 15.8 Å². The molecule has 11 rings (SSSR count). The van der Waals surface area contributed by atoms with Crippen LogP contribution in [0.25, 0.3) is 16.6 Å². The number of nitrogens with zero attached hydrogens (tertiary/aromatic N) is 5. The molecule has 1 aromatic heterocycles. The average molecular weight is 843 g/mol. The van der Waals surface area contributed by atoms with E-state index in [9.17, 15) is 14.4 Å². The Morgan fingerprint density at radius 3 is 2.24 bits per heavy atom. The summed E-state index contributed by atoms with van der Waals surface area (Å²) < 4.78 is 32.8. The Morgan fingerprint density at radius 1 is 0.806 bits per heavy atom. The topological polar surface area (TPSA) is 90.8 Å². The number of carbonyl (C=O) groups excluding carboxylic acids is 2. The number of hydrogen-bond acceptors (Lipinski definition) is 7. The Hall–Kier alpha value is -4.48. The lowest BCUT2D eigenvalue weighted by Crippen LogP contribution is -2.58. The molecule has 2 amide bonds. The molecule has 1 unspecified atom stereocenters. The summed E-state index contributed by atoms with van der Waals surface area (Å²) in [4.78, 5) is 49.8. The third kappa shape index (κ3) is 6.82. The summed E-state index contributed by atoms with van der Waals surface area (Å²) >= 11 is 0. The second-order valence-corrected chi connectivity index (χ2v) is 20.4. The van der Waals surface area contributed by atoms with E-state index in [1.165, 1.54) is 106 Å². The van der Waals surface area contributed by atoms with Crippen molar-refractivity contribution in [3.63, 3.8) is 0 Å². The first-order valence-electron chi connectivity index (χ1n) is 23.8. The predicted octanol–water partition coefficient (Wildman–Crippen LogP) is 8.40. The molecule has 0 radical (unpaired) electrons. The summed E-state index contributed by atoms with van der Waals surface area (Å²) in [6.07, 6.45) is 15.5. The minimum absolute atomic E-state index is 0.0826. The Bertz CT molecular complexity index is 2460. The fraction of sp³-hybridized carbons (Fsp3) is 0.569. The van der Waals surface area contributed by atoms with Crippen molar-refractivity contribution < 1.29 is 18.4 Å². The number of aromatic nitrogens is 2. The van der Waals surface area contributed by atoms with E-state index >= 15 is 8.78 Å². The number of nitrogens with one attached hydrogen (secondary N) is 1. The highest BCUT2D eigenvalue weighted by molar-refractivity contribution is 6.01. The smallest absolute Gasteiger partial charge is 0.281 e. The number of hydrogen-bond donors (Lipinski definition) is 1. The number of aryl methyl sites for hydroxylation is 1. The van der Waals surface area contributed by atoms with Crippen LogP contribution in [0.1, 0.15) is 136 Å². The SMILES string of the molecule is Cc1cccc2c1c(=O)nc1n2-c2cc(C3CCN(C4CCN(CC5CCC6(CC5)CN(c5cc(F)c(C7CCC(=O)NC7=O)c(F)c5)C6)CC4)CC3)ccc2C12CCCCC2. The quantitative estimate of drug-likeness (QED) is 0.195. The van der Waals surface area contributed by atoms with Gasteiger partial charge in [-0.2, -0.15) is 4.98 Å². The van der Waals surface area contributed by atoms with Crippen LogP contribution in [-0.2, 0) is 15.0 Å². The van der Waals surface area contributed by atoms with Crippen LogP contribution in [0.5, 0.6) is 0 Å². The average Bonchev–Trinajstić information content (AvgIpc) is 3.51. The van der Waals surface area contributed by atoms with Gasteiger partial charge >= 0.3 is 0 Å². The maximum atomic E-state index is 15.2. The summed E-state index contributed by atoms with van der Waals surface area (Å²) in [7, 11) is 0. The molecule has 11 heteroatoms. The Kier molecular flexibility index (Phi) is 10.2. The summed E-state index contributed by atoms with van der Waals surface area (Å²) in [5, 5.41) is 2.97. The van der Waals surface area contributed by atoms with E-state index in [2.05, 4.69) is 54.9 Å². The van der Waals surface area contributed by atoms with E-state index in [1.54, 1.807) is 0 Å². The summed E-state index contributed by atoms with van der Waals surface area (Å²) in [5.74, 6) is -1.19. The molecule has 5 aliphatic heterocycles. The summed E-state index contributed by atoms with van der Waals surface area (Å²) in [6.45, 7) is 9.47. The van der Waals surface area contributed by atoms with Gasteiger partial charge in [0.1, 0.15) is 17.5 Å². The van der Waals surface area contributed by atoms with Gasteiger partial charge in [-0.1, -0.05) is 43.5 Å². The second kappa shape index (κ2) is 15.6. The Balaban J connectivity index is 0.668. The van der Waals surface area contributed by atoms with Crippen LogP contribution >= 0.6 is 0 Å². The van der Waals surface area contributed by atoms with Gasteiger partial charge in [-0.15, -0.1) is 0 Å². The second-order valence-electron chi connectivity index (χ2n) is 20.4. The van der Waals surface area contributed by atoms with Gasteiger partial charge < -0.3 is 14.7 Å². The van der Waals surface area contributed by atoms with Crippen molar-refractivity contribution in [1.29, 1.82) is 0 Å². The van der Waals surface area contributed by atoms with E-state index < -0.39 is 29.4 Å². The van der Waals surface area contributed by atoms with Gasteiger partial charge in [0.05, 0.1) is 27.9 Å². The predicted molar refractivity (Wildman–Crippen MR) is 237 cm³/mol. The number of likely N-dealkylation sites (tertiary alicyclic amines) is 2. The Labute approximate surface area is 363 Å². The first-order valence-corrected chi connectivity index (χ1v) is 23.8. The number of fused-ring (bicyclic) bond motifs is 7. The number of piperidine rings is 3. The van der Waals surface area contributed by atoms with Crippen molar-refractivity contribution in [2.24, 2.45) is 11.3 Å². The molecule has 9 nitrogen and oxygen atoms in total. The van der Waals surface area contributed by atoms with Gasteiger partial charge in [0.25, 0.3) is 5.56 Å². The molecule has 6 heterocycles. The van der Waals surface area contributed by atoms with Gasteiger partial charge in [-0.3, -0.25) is 24.3 Å². The van der Waals surface area contributed by atoms with Crippen LogP contribution in [-0.4, -0.2) is 83.0 Å². The third-order valence-corrected chi connectivity index (χ3v) is 16.9. The molecule has 3 aromatic carbocycles. The number of anilines is 1. The van der Waals surface area contributed by atoms with Gasteiger partial charge in [0.15, 0.2) is 0 Å². The zero-order valence-corrected chi connectivity index (χ0v) is 36.2. The van der Waals surface area contributed by atoms with Crippen molar-refractivity contribution in [3.05, 3.63) is 98.6 Å². The van der Waals surface area contributed by atoms with Crippen LogP contribution in [0.3, 0.4) is 0 Å². The lowest BCUT2D eigenvalue weighted by atomic mass is 9.65. The van der Waals surface area contributed by atoms with Crippen LogP contribution in [0.2, 0.25) is 0 Å². The normalized spacial score (nSPS) is 24.7. The maximum Gasteiger partial charge on any atom is 0.281 e. The van der Waals surface area contributed by atoms with Crippen LogP contribution in [0, 0.1) is 29.9 Å². The lowest BCUT2D eigenvalue weighted by Gasteiger charge is -2.55. The molecular formula is C51H60F2N6O3. The molecule has 62 heavy (non-hydrogen) atoms. The van der Waals surface area contributed by atoms with Crippen molar-refractivity contribution in [2.75, 3.05) is 50.7 Å². The molecule has 2 spiro atoms. The summed E-state index contributed by atoms with van der Waals surface area (Å²) in [6, 6.07) is 16.9. The van der Waals surface area contributed by atoms with E-state index in [-0.39, 0.29) is 34.8 Å². The first-order chi connectivity index (χ1) is 30.1. The van der Waals surface area contributed by atoms with Gasteiger partial charge in [-0.25, -0.2) is 8.78 Å². The van der Waals surface area contributed by atoms with Crippen LogP contribution in [0.15, 0.2) is 53.3 Å². The van der Waals surface area contributed by atoms with E-state index in [1.807, 2.05) is 13.0 Å². The number of rotatable bonds is 6. The third-order valence-electron chi connectivity index (χ3n) is 16.9. The number of amides is 2. The molecule has 6 fully saturated rings. The van der Waals surface area contributed by atoms with Crippen molar-refractivity contribution >= 4 is 28.4 Å². The molecule has 7 aliphatic rings. The molecule has 2 saturated carbocycles. The van der Waals surface area contributed by atoms with Gasteiger partial charge in [0, 0.05) is 48.8 Å². The van der Waals surface area contributed by atoms with Crippen LogP contribution in [0.4, 0.5) is 14.5 Å².